The fraction of sp³-hybridized carbons (Fsp3) is 0.250. The van der Waals surface area contributed by atoms with Crippen LogP contribution in [-0.4, -0.2) is 33.7 Å². The number of rotatable bonds is 11. The Morgan fingerprint density at radius 2 is 1.77 bits per heavy atom. The Morgan fingerprint density at radius 1 is 1.00 bits per heavy atom. The molecular formula is C32H33N3O4. The molecule has 0 unspecified atom stereocenters. The minimum absolute atomic E-state index is 0.00758. The largest absolute Gasteiger partial charge is 0.490 e. The van der Waals surface area contributed by atoms with Gasteiger partial charge >= 0.3 is 0 Å². The SMILES string of the molecule is CC(C)(CC[C@H](O)COc1cccc2[nH]c3ccccc3c12)Cc1ccc(Oc2ccc(C(N)=O)cn2)cc1. The molecule has 0 fully saturated rings. The summed E-state index contributed by atoms with van der Waals surface area (Å²) in [6.45, 7) is 4.67. The number of nitrogens with two attached hydrogens (primary N) is 1. The fourth-order valence-electron chi connectivity index (χ4n) is 4.84. The highest BCUT2D eigenvalue weighted by Gasteiger charge is 2.21. The Hall–Kier alpha value is -4.36. The number of amides is 1. The predicted octanol–water partition coefficient (Wildman–Crippen LogP) is 6.40. The van der Waals surface area contributed by atoms with Crippen LogP contribution in [-0.2, 0) is 6.42 Å². The van der Waals surface area contributed by atoms with Gasteiger partial charge in [-0.1, -0.05) is 50.2 Å². The number of pyridine rings is 1. The number of aliphatic hydroxyl groups is 1. The molecule has 2 heterocycles. The van der Waals surface area contributed by atoms with Crippen molar-refractivity contribution in [1.82, 2.24) is 9.97 Å². The van der Waals surface area contributed by atoms with Crippen LogP contribution in [0.3, 0.4) is 0 Å². The van der Waals surface area contributed by atoms with Gasteiger partial charge in [0.15, 0.2) is 0 Å². The first-order chi connectivity index (χ1) is 18.8. The molecular weight excluding hydrogens is 490 g/mol. The highest BCUT2D eigenvalue weighted by atomic mass is 16.5. The maximum Gasteiger partial charge on any atom is 0.250 e. The van der Waals surface area contributed by atoms with Gasteiger partial charge in [-0.25, -0.2) is 4.98 Å². The van der Waals surface area contributed by atoms with Crippen LogP contribution in [0.15, 0.2) is 85.1 Å². The van der Waals surface area contributed by atoms with Crippen LogP contribution in [0.1, 0.15) is 42.6 Å². The van der Waals surface area contributed by atoms with Crippen molar-refractivity contribution >= 4 is 27.7 Å². The Balaban J connectivity index is 1.13. The van der Waals surface area contributed by atoms with E-state index in [2.05, 4.69) is 35.9 Å². The molecule has 0 saturated heterocycles. The number of nitrogens with one attached hydrogen (secondary N) is 1. The average molecular weight is 524 g/mol. The van der Waals surface area contributed by atoms with Crippen LogP contribution < -0.4 is 15.2 Å². The number of aromatic amines is 1. The van der Waals surface area contributed by atoms with E-state index in [1.807, 2.05) is 54.6 Å². The lowest BCUT2D eigenvalue weighted by Crippen LogP contribution is -2.22. The molecule has 4 N–H and O–H groups in total. The summed E-state index contributed by atoms with van der Waals surface area (Å²) in [5.74, 6) is 1.31. The molecule has 2 aromatic heterocycles. The molecule has 7 heteroatoms. The van der Waals surface area contributed by atoms with Gasteiger partial charge in [-0.15, -0.1) is 0 Å². The lowest BCUT2D eigenvalue weighted by molar-refractivity contribution is 0.0877. The summed E-state index contributed by atoms with van der Waals surface area (Å²) < 4.78 is 11.9. The van der Waals surface area contributed by atoms with Crippen molar-refractivity contribution in [2.75, 3.05) is 6.61 Å². The quantitative estimate of drug-likeness (QED) is 0.186. The molecule has 3 aromatic carbocycles. The van der Waals surface area contributed by atoms with Gasteiger partial charge < -0.3 is 25.3 Å². The summed E-state index contributed by atoms with van der Waals surface area (Å²) in [6, 6.07) is 25.2. The van der Waals surface area contributed by atoms with Crippen molar-refractivity contribution < 1.29 is 19.4 Å². The molecule has 5 rings (SSSR count). The molecule has 0 aliphatic heterocycles. The molecule has 0 radical (unpaired) electrons. The lowest BCUT2D eigenvalue weighted by Gasteiger charge is -2.26. The Bertz CT molecular complexity index is 1570. The summed E-state index contributed by atoms with van der Waals surface area (Å²) >= 11 is 0. The number of aromatic nitrogens is 2. The van der Waals surface area contributed by atoms with Gasteiger partial charge in [-0.05, 0) is 66.6 Å². The molecule has 200 valence electrons. The summed E-state index contributed by atoms with van der Waals surface area (Å²) in [4.78, 5) is 18.7. The number of benzene rings is 3. The van der Waals surface area contributed by atoms with Crippen LogP contribution in [0.25, 0.3) is 21.8 Å². The van der Waals surface area contributed by atoms with Crippen molar-refractivity contribution in [2.45, 2.75) is 39.2 Å². The van der Waals surface area contributed by atoms with E-state index in [1.165, 1.54) is 11.8 Å². The zero-order valence-corrected chi connectivity index (χ0v) is 22.2. The van der Waals surface area contributed by atoms with Crippen LogP contribution in [0.5, 0.6) is 17.4 Å². The van der Waals surface area contributed by atoms with Crippen LogP contribution in [0, 0.1) is 5.41 Å². The second kappa shape index (κ2) is 11.2. The molecule has 5 aromatic rings. The first-order valence-corrected chi connectivity index (χ1v) is 13.1. The number of fused-ring (bicyclic) bond motifs is 3. The summed E-state index contributed by atoms with van der Waals surface area (Å²) in [5, 5.41) is 12.9. The van der Waals surface area contributed by atoms with Crippen molar-refractivity contribution in [2.24, 2.45) is 11.1 Å². The molecule has 0 aliphatic carbocycles. The molecule has 1 amide bonds. The number of ether oxygens (including phenoxy) is 2. The molecule has 39 heavy (non-hydrogen) atoms. The van der Waals surface area contributed by atoms with E-state index < -0.39 is 12.0 Å². The Morgan fingerprint density at radius 3 is 2.51 bits per heavy atom. The molecule has 0 saturated carbocycles. The van der Waals surface area contributed by atoms with Crippen molar-refractivity contribution in [1.29, 1.82) is 0 Å². The fourth-order valence-corrected chi connectivity index (χ4v) is 4.84. The molecule has 0 aliphatic rings. The van der Waals surface area contributed by atoms with E-state index in [9.17, 15) is 9.90 Å². The second-order valence-corrected chi connectivity index (χ2v) is 10.7. The van der Waals surface area contributed by atoms with Crippen LogP contribution >= 0.6 is 0 Å². The second-order valence-electron chi connectivity index (χ2n) is 10.7. The number of primary amides is 1. The summed E-state index contributed by atoms with van der Waals surface area (Å²) in [7, 11) is 0. The number of carbonyl (C=O) groups excluding carboxylic acids is 1. The third-order valence-corrected chi connectivity index (χ3v) is 6.93. The van der Waals surface area contributed by atoms with Gasteiger partial charge in [0.1, 0.15) is 18.1 Å². The van der Waals surface area contributed by atoms with E-state index in [0.29, 0.717) is 23.6 Å². The zero-order valence-electron chi connectivity index (χ0n) is 22.2. The van der Waals surface area contributed by atoms with Gasteiger partial charge in [0.2, 0.25) is 11.8 Å². The van der Waals surface area contributed by atoms with Gasteiger partial charge in [0, 0.05) is 28.6 Å². The summed E-state index contributed by atoms with van der Waals surface area (Å²) in [6.07, 6.45) is 3.19. The standard InChI is InChI=1S/C32H33N3O4/c1-32(2,18-21-10-13-24(14-11-21)39-29-15-12-22(19-34-29)31(33)37)17-16-23(36)20-38-28-9-5-8-27-30(28)25-6-3-4-7-26(25)35-27/h3-15,19,23,35-36H,16-18,20H2,1-2H3,(H2,33,37)/t23-/m0/s1. The molecule has 7 nitrogen and oxygen atoms in total. The van der Waals surface area contributed by atoms with E-state index in [4.69, 9.17) is 15.2 Å². The molecule has 0 spiro atoms. The van der Waals surface area contributed by atoms with Crippen LogP contribution in [0.2, 0.25) is 0 Å². The normalized spacial score (nSPS) is 12.5. The number of hydrogen-bond acceptors (Lipinski definition) is 5. The topological polar surface area (TPSA) is 110 Å². The van der Waals surface area contributed by atoms with Gasteiger partial charge in [0.05, 0.1) is 17.2 Å². The number of hydrogen-bond donors (Lipinski definition) is 3. The third kappa shape index (κ3) is 6.38. The maximum atomic E-state index is 11.2. The number of carbonyl (C=O) groups is 1. The molecule has 0 bridgehead atoms. The highest BCUT2D eigenvalue weighted by Crippen LogP contribution is 2.34. The van der Waals surface area contributed by atoms with Crippen molar-refractivity contribution in [3.05, 3.63) is 96.2 Å². The minimum atomic E-state index is -0.561. The average Bonchev–Trinajstić information content (AvgIpc) is 3.31. The van der Waals surface area contributed by atoms with E-state index >= 15 is 0 Å². The van der Waals surface area contributed by atoms with Crippen molar-refractivity contribution in [3.63, 3.8) is 0 Å². The highest BCUT2D eigenvalue weighted by molar-refractivity contribution is 6.10. The number of para-hydroxylation sites is 1. The number of nitrogens with zero attached hydrogens (tertiary/aromatic N) is 1. The maximum absolute atomic E-state index is 11.2. The molecule has 1 atom stereocenters. The van der Waals surface area contributed by atoms with E-state index in [-0.39, 0.29) is 12.0 Å². The third-order valence-electron chi connectivity index (χ3n) is 6.93. The zero-order chi connectivity index (χ0) is 27.4. The number of H-pyrrole nitrogens is 1. The predicted molar refractivity (Wildman–Crippen MR) is 153 cm³/mol. The van der Waals surface area contributed by atoms with Crippen LogP contribution in [0.4, 0.5) is 0 Å². The Kier molecular flexibility index (Phi) is 7.52. The lowest BCUT2D eigenvalue weighted by atomic mass is 9.81. The number of aliphatic hydroxyl groups excluding tert-OH is 1. The van der Waals surface area contributed by atoms with Gasteiger partial charge in [0.25, 0.3) is 0 Å². The van der Waals surface area contributed by atoms with Crippen molar-refractivity contribution in [3.8, 4) is 17.4 Å². The first kappa shape index (κ1) is 26.3. The Labute approximate surface area is 227 Å². The first-order valence-electron chi connectivity index (χ1n) is 13.1. The van der Waals surface area contributed by atoms with Gasteiger partial charge in [-0.3, -0.25) is 4.79 Å². The monoisotopic (exact) mass is 523 g/mol. The van der Waals surface area contributed by atoms with Gasteiger partial charge in [-0.2, -0.15) is 0 Å². The summed E-state index contributed by atoms with van der Waals surface area (Å²) in [5.41, 5.74) is 8.86. The minimum Gasteiger partial charge on any atom is -0.490 e. The smallest absolute Gasteiger partial charge is 0.250 e. The van der Waals surface area contributed by atoms with E-state index in [1.54, 1.807) is 12.1 Å². The van der Waals surface area contributed by atoms with E-state index in [0.717, 1.165) is 40.4 Å².